The van der Waals surface area contributed by atoms with Crippen LogP contribution in [0.4, 0.5) is 10.1 Å². The van der Waals surface area contributed by atoms with Gasteiger partial charge in [0, 0.05) is 46.9 Å². The maximum atomic E-state index is 13.7. The fourth-order valence-electron chi connectivity index (χ4n) is 4.50. The molecule has 0 saturated heterocycles. The van der Waals surface area contributed by atoms with Crippen LogP contribution in [0.1, 0.15) is 30.5 Å². The third kappa shape index (κ3) is 3.62. The normalized spacial score (nSPS) is 14.7. The number of halogens is 1. The van der Waals surface area contributed by atoms with Crippen molar-refractivity contribution in [1.82, 2.24) is 4.57 Å². The average Bonchev–Trinajstić information content (AvgIpc) is 3.25. The van der Waals surface area contributed by atoms with Gasteiger partial charge in [0.2, 0.25) is 0 Å². The van der Waals surface area contributed by atoms with Gasteiger partial charge in [0.15, 0.2) is 0 Å². The molecule has 0 radical (unpaired) electrons. The van der Waals surface area contributed by atoms with E-state index >= 15 is 0 Å². The van der Waals surface area contributed by atoms with Crippen LogP contribution in [0.25, 0.3) is 22.6 Å². The van der Waals surface area contributed by atoms with Crippen molar-refractivity contribution >= 4 is 34.1 Å². The lowest BCUT2D eigenvalue weighted by Gasteiger charge is -2.19. The third-order valence-electron chi connectivity index (χ3n) is 5.87. The zero-order valence-corrected chi connectivity index (χ0v) is 18.3. The molecule has 2 heterocycles. The molecule has 1 aliphatic heterocycles. The molecule has 0 atom stereocenters. The van der Waals surface area contributed by atoms with Gasteiger partial charge in [0.1, 0.15) is 5.82 Å². The average molecular weight is 425 g/mol. The van der Waals surface area contributed by atoms with Crippen molar-refractivity contribution in [3.8, 4) is 0 Å². The van der Waals surface area contributed by atoms with Crippen LogP contribution in [0.3, 0.4) is 0 Å². The molecule has 0 unspecified atom stereocenters. The van der Waals surface area contributed by atoms with Crippen LogP contribution in [-0.4, -0.2) is 17.0 Å². The molecule has 1 amide bonds. The van der Waals surface area contributed by atoms with Gasteiger partial charge in [0.25, 0.3) is 5.91 Å². The van der Waals surface area contributed by atoms with E-state index in [1.54, 1.807) is 12.1 Å². The van der Waals surface area contributed by atoms with E-state index in [0.29, 0.717) is 19.0 Å². The number of carbonyl (C=O) groups is 1. The molecular formula is C28H25FN2O. The van der Waals surface area contributed by atoms with Crippen LogP contribution in [0, 0.1) is 11.7 Å². The first-order chi connectivity index (χ1) is 15.5. The van der Waals surface area contributed by atoms with Gasteiger partial charge in [-0.05, 0) is 41.8 Å². The minimum Gasteiger partial charge on any atom is -0.342 e. The maximum absolute atomic E-state index is 13.7. The quantitative estimate of drug-likeness (QED) is 0.342. The molecule has 1 aromatic heterocycles. The van der Waals surface area contributed by atoms with Crippen LogP contribution in [0.15, 0.2) is 79.0 Å². The number of nitrogens with zero attached hydrogens (tertiary/aromatic N) is 2. The summed E-state index contributed by atoms with van der Waals surface area (Å²) < 4.78 is 15.8. The Morgan fingerprint density at radius 1 is 0.969 bits per heavy atom. The predicted molar refractivity (Wildman–Crippen MR) is 129 cm³/mol. The molecule has 0 bridgehead atoms. The number of hydrogen-bond acceptors (Lipinski definition) is 1. The van der Waals surface area contributed by atoms with Gasteiger partial charge < -0.3 is 9.47 Å². The van der Waals surface area contributed by atoms with Crippen LogP contribution in [0.2, 0.25) is 0 Å². The lowest BCUT2D eigenvalue weighted by atomic mass is 10.0. The summed E-state index contributed by atoms with van der Waals surface area (Å²) in [5.41, 5.74) is 5.61. The number of hydrogen-bond donors (Lipinski definition) is 0. The highest BCUT2D eigenvalue weighted by Gasteiger charge is 2.32. The molecule has 160 valence electrons. The monoisotopic (exact) mass is 424 g/mol. The summed E-state index contributed by atoms with van der Waals surface area (Å²) in [7, 11) is 0. The van der Waals surface area contributed by atoms with E-state index in [1.165, 1.54) is 6.07 Å². The fourth-order valence-corrected chi connectivity index (χ4v) is 4.50. The van der Waals surface area contributed by atoms with E-state index in [-0.39, 0.29) is 11.7 Å². The number of para-hydroxylation sites is 2. The van der Waals surface area contributed by atoms with Crippen molar-refractivity contribution in [3.63, 3.8) is 0 Å². The van der Waals surface area contributed by atoms with Crippen molar-refractivity contribution in [1.29, 1.82) is 0 Å². The highest BCUT2D eigenvalue weighted by Crippen LogP contribution is 2.39. The summed E-state index contributed by atoms with van der Waals surface area (Å²) in [5, 5.41) is 1.07. The number of rotatable bonds is 5. The predicted octanol–water partition coefficient (Wildman–Crippen LogP) is 6.37. The summed E-state index contributed by atoms with van der Waals surface area (Å²) in [5.74, 6) is 0.182. The Hall–Kier alpha value is -3.66. The Kier molecular flexibility index (Phi) is 5.14. The topological polar surface area (TPSA) is 25.2 Å². The van der Waals surface area contributed by atoms with Gasteiger partial charge in [-0.3, -0.25) is 4.79 Å². The van der Waals surface area contributed by atoms with Crippen LogP contribution >= 0.6 is 0 Å². The van der Waals surface area contributed by atoms with Gasteiger partial charge in [-0.2, -0.15) is 0 Å². The summed E-state index contributed by atoms with van der Waals surface area (Å²) in [4.78, 5) is 15.3. The lowest BCUT2D eigenvalue weighted by molar-refractivity contribution is -0.113. The fraction of sp³-hybridized carbons (Fsp3) is 0.179. The van der Waals surface area contributed by atoms with Crippen molar-refractivity contribution in [2.45, 2.75) is 20.4 Å². The molecule has 0 spiro atoms. The summed E-state index contributed by atoms with van der Waals surface area (Å²) in [6.07, 6.45) is 4.06. The highest BCUT2D eigenvalue weighted by molar-refractivity contribution is 6.36. The first-order valence-electron chi connectivity index (χ1n) is 11.0. The van der Waals surface area contributed by atoms with Gasteiger partial charge in [-0.15, -0.1) is 0 Å². The third-order valence-corrected chi connectivity index (χ3v) is 5.87. The van der Waals surface area contributed by atoms with E-state index in [2.05, 4.69) is 36.7 Å². The smallest absolute Gasteiger partial charge is 0.259 e. The Morgan fingerprint density at radius 2 is 1.75 bits per heavy atom. The minimum atomic E-state index is -0.236. The number of carbonyl (C=O) groups excluding carboxylic acids is 1. The number of aromatic nitrogens is 1. The molecule has 1 aliphatic rings. The van der Waals surface area contributed by atoms with Gasteiger partial charge in [-0.1, -0.05) is 62.4 Å². The van der Waals surface area contributed by atoms with E-state index in [9.17, 15) is 9.18 Å². The second kappa shape index (κ2) is 8.12. The second-order valence-electron chi connectivity index (χ2n) is 8.74. The van der Waals surface area contributed by atoms with E-state index in [1.807, 2.05) is 53.4 Å². The molecule has 4 aromatic rings. The summed E-state index contributed by atoms with van der Waals surface area (Å²) in [6, 6.07) is 22.8. The Labute approximate surface area is 187 Å². The molecule has 0 aliphatic carbocycles. The second-order valence-corrected chi connectivity index (χ2v) is 8.74. The van der Waals surface area contributed by atoms with Gasteiger partial charge in [-0.25, -0.2) is 4.39 Å². The van der Waals surface area contributed by atoms with E-state index in [4.69, 9.17) is 0 Å². The zero-order chi connectivity index (χ0) is 22.2. The largest absolute Gasteiger partial charge is 0.342 e. The Morgan fingerprint density at radius 3 is 2.56 bits per heavy atom. The van der Waals surface area contributed by atoms with Crippen LogP contribution in [0.5, 0.6) is 0 Å². The zero-order valence-electron chi connectivity index (χ0n) is 18.3. The SMILES string of the molecule is CC(C)CN1C(=O)/C(=C\c2cn(Cc3cccc(F)c3)c3ccccc23)c2ccccc21. The maximum Gasteiger partial charge on any atom is 0.259 e. The number of anilines is 1. The molecule has 0 N–H and O–H groups in total. The molecule has 3 nitrogen and oxygen atoms in total. The van der Waals surface area contributed by atoms with Crippen molar-refractivity contribution in [2.75, 3.05) is 11.4 Å². The molecular weight excluding hydrogens is 399 g/mol. The molecule has 3 aromatic carbocycles. The number of fused-ring (bicyclic) bond motifs is 2. The van der Waals surface area contributed by atoms with Gasteiger partial charge >= 0.3 is 0 Å². The first kappa shape index (κ1) is 20.3. The van der Waals surface area contributed by atoms with Crippen molar-refractivity contribution < 1.29 is 9.18 Å². The number of amides is 1. The molecule has 32 heavy (non-hydrogen) atoms. The molecule has 5 rings (SSSR count). The summed E-state index contributed by atoms with van der Waals surface area (Å²) >= 11 is 0. The minimum absolute atomic E-state index is 0.0434. The van der Waals surface area contributed by atoms with Gasteiger partial charge in [0.05, 0.1) is 5.69 Å². The lowest BCUT2D eigenvalue weighted by Crippen LogP contribution is -2.30. The molecule has 0 saturated carbocycles. The van der Waals surface area contributed by atoms with E-state index < -0.39 is 0 Å². The Bertz CT molecular complexity index is 1350. The first-order valence-corrected chi connectivity index (χ1v) is 11.0. The van der Waals surface area contributed by atoms with Crippen LogP contribution in [-0.2, 0) is 11.3 Å². The highest BCUT2D eigenvalue weighted by atomic mass is 19.1. The Balaban J connectivity index is 1.60. The van der Waals surface area contributed by atoms with Crippen molar-refractivity contribution in [2.24, 2.45) is 5.92 Å². The van der Waals surface area contributed by atoms with E-state index in [0.717, 1.165) is 38.9 Å². The standard InChI is InChI=1S/C28H25FN2O/c1-19(2)16-31-27-13-6-4-11-24(27)25(28(31)32)15-21-18-30(26-12-5-3-10-23(21)26)17-20-8-7-9-22(29)14-20/h3-15,18-19H,16-17H2,1-2H3/b25-15-. The number of benzene rings is 3. The summed E-state index contributed by atoms with van der Waals surface area (Å²) in [6.45, 7) is 5.50. The van der Waals surface area contributed by atoms with Crippen molar-refractivity contribution in [3.05, 3.63) is 102 Å². The van der Waals surface area contributed by atoms with Crippen LogP contribution < -0.4 is 4.90 Å². The molecule has 4 heteroatoms. The molecule has 0 fully saturated rings.